The van der Waals surface area contributed by atoms with Crippen molar-refractivity contribution in [2.75, 3.05) is 13.1 Å². The van der Waals surface area contributed by atoms with Crippen molar-refractivity contribution in [1.82, 2.24) is 4.90 Å². The molecule has 0 unspecified atom stereocenters. The SMILES string of the molecule is CC1CCN(C(=O)c2ccc(-c3ccc(F)cc3)s2)CC1. The maximum Gasteiger partial charge on any atom is 0.263 e. The third-order valence-electron chi connectivity index (χ3n) is 4.02. The lowest BCUT2D eigenvalue weighted by molar-refractivity contribution is 0.0702. The van der Waals surface area contributed by atoms with Gasteiger partial charge in [-0.1, -0.05) is 19.1 Å². The Morgan fingerprint density at radius 1 is 1.14 bits per heavy atom. The highest BCUT2D eigenvalue weighted by molar-refractivity contribution is 7.17. The molecular weight excluding hydrogens is 285 g/mol. The minimum atomic E-state index is -0.242. The molecule has 1 saturated heterocycles. The highest BCUT2D eigenvalue weighted by atomic mass is 32.1. The first kappa shape index (κ1) is 14.3. The minimum absolute atomic E-state index is 0.125. The van der Waals surface area contributed by atoms with Gasteiger partial charge in [-0.05, 0) is 48.6 Å². The van der Waals surface area contributed by atoms with Crippen LogP contribution in [0.3, 0.4) is 0 Å². The number of likely N-dealkylation sites (tertiary alicyclic amines) is 1. The predicted molar refractivity (Wildman–Crippen MR) is 84.0 cm³/mol. The van der Waals surface area contributed by atoms with Gasteiger partial charge in [-0.2, -0.15) is 0 Å². The van der Waals surface area contributed by atoms with Gasteiger partial charge < -0.3 is 4.90 Å². The first-order chi connectivity index (χ1) is 10.1. The summed E-state index contributed by atoms with van der Waals surface area (Å²) in [6, 6.07) is 10.2. The van der Waals surface area contributed by atoms with Crippen LogP contribution in [0.2, 0.25) is 0 Å². The van der Waals surface area contributed by atoms with E-state index in [1.165, 1.54) is 23.5 Å². The zero-order valence-corrected chi connectivity index (χ0v) is 12.8. The maximum absolute atomic E-state index is 13.0. The van der Waals surface area contributed by atoms with Crippen molar-refractivity contribution in [3.63, 3.8) is 0 Å². The second kappa shape index (κ2) is 5.98. The van der Waals surface area contributed by atoms with Crippen LogP contribution in [-0.4, -0.2) is 23.9 Å². The van der Waals surface area contributed by atoms with E-state index in [9.17, 15) is 9.18 Å². The van der Waals surface area contributed by atoms with Crippen LogP contribution in [0.25, 0.3) is 10.4 Å². The zero-order chi connectivity index (χ0) is 14.8. The van der Waals surface area contributed by atoms with Gasteiger partial charge >= 0.3 is 0 Å². The number of rotatable bonds is 2. The van der Waals surface area contributed by atoms with Crippen molar-refractivity contribution < 1.29 is 9.18 Å². The summed E-state index contributed by atoms with van der Waals surface area (Å²) in [5.74, 6) is 0.599. The molecule has 0 aliphatic carbocycles. The number of piperidine rings is 1. The Morgan fingerprint density at radius 2 is 1.81 bits per heavy atom. The van der Waals surface area contributed by atoms with Crippen LogP contribution in [0, 0.1) is 11.7 Å². The van der Waals surface area contributed by atoms with E-state index in [1.54, 1.807) is 12.1 Å². The number of carbonyl (C=O) groups is 1. The Balaban J connectivity index is 1.75. The number of hydrogen-bond donors (Lipinski definition) is 0. The Bertz CT molecular complexity index is 626. The van der Waals surface area contributed by atoms with Gasteiger partial charge in [0.15, 0.2) is 0 Å². The molecule has 0 spiro atoms. The van der Waals surface area contributed by atoms with E-state index in [-0.39, 0.29) is 11.7 Å². The quantitative estimate of drug-likeness (QED) is 0.804. The van der Waals surface area contributed by atoms with Gasteiger partial charge in [0.2, 0.25) is 0 Å². The lowest BCUT2D eigenvalue weighted by Crippen LogP contribution is -2.37. The predicted octanol–water partition coefficient (Wildman–Crippen LogP) is 4.43. The first-order valence-electron chi connectivity index (χ1n) is 7.28. The molecule has 1 aromatic carbocycles. The van der Waals surface area contributed by atoms with E-state index in [2.05, 4.69) is 6.92 Å². The summed E-state index contributed by atoms with van der Waals surface area (Å²) in [5.41, 5.74) is 0.952. The summed E-state index contributed by atoms with van der Waals surface area (Å²) in [6.07, 6.45) is 2.17. The summed E-state index contributed by atoms with van der Waals surface area (Å²) in [5, 5.41) is 0. The molecule has 1 aliphatic rings. The summed E-state index contributed by atoms with van der Waals surface area (Å²) in [7, 11) is 0. The van der Waals surface area contributed by atoms with Crippen LogP contribution in [0.1, 0.15) is 29.4 Å². The molecule has 2 aromatic rings. The Kier molecular flexibility index (Phi) is 4.06. The summed E-state index contributed by atoms with van der Waals surface area (Å²) < 4.78 is 13.0. The Hall–Kier alpha value is -1.68. The van der Waals surface area contributed by atoms with Crippen LogP contribution in [0.15, 0.2) is 36.4 Å². The molecule has 1 fully saturated rings. The average molecular weight is 303 g/mol. The van der Waals surface area contributed by atoms with Crippen molar-refractivity contribution in [3.8, 4) is 10.4 Å². The molecule has 0 radical (unpaired) electrons. The van der Waals surface area contributed by atoms with Crippen molar-refractivity contribution in [2.45, 2.75) is 19.8 Å². The number of carbonyl (C=O) groups excluding carboxylic acids is 1. The number of nitrogens with zero attached hydrogens (tertiary/aromatic N) is 1. The Morgan fingerprint density at radius 3 is 2.48 bits per heavy atom. The molecular formula is C17H18FNOS. The third-order valence-corrected chi connectivity index (χ3v) is 5.14. The van der Waals surface area contributed by atoms with Gasteiger partial charge in [0.05, 0.1) is 4.88 Å². The number of benzene rings is 1. The highest BCUT2D eigenvalue weighted by Gasteiger charge is 2.22. The van der Waals surface area contributed by atoms with Crippen LogP contribution >= 0.6 is 11.3 Å². The summed E-state index contributed by atoms with van der Waals surface area (Å²) >= 11 is 1.48. The van der Waals surface area contributed by atoms with Gasteiger partial charge in [0.1, 0.15) is 5.82 Å². The lowest BCUT2D eigenvalue weighted by atomic mass is 9.99. The van der Waals surface area contributed by atoms with Crippen molar-refractivity contribution >= 4 is 17.2 Å². The molecule has 0 atom stereocenters. The second-order valence-electron chi connectivity index (χ2n) is 5.65. The fourth-order valence-corrected chi connectivity index (χ4v) is 3.57. The van der Waals surface area contributed by atoms with E-state index in [0.717, 1.165) is 41.2 Å². The van der Waals surface area contributed by atoms with E-state index in [0.29, 0.717) is 5.92 Å². The molecule has 4 heteroatoms. The molecule has 0 bridgehead atoms. The molecule has 110 valence electrons. The van der Waals surface area contributed by atoms with E-state index in [1.807, 2.05) is 17.0 Å². The van der Waals surface area contributed by atoms with Gasteiger partial charge in [-0.15, -0.1) is 11.3 Å². The molecule has 1 aromatic heterocycles. The number of hydrogen-bond acceptors (Lipinski definition) is 2. The molecule has 0 N–H and O–H groups in total. The van der Waals surface area contributed by atoms with Gasteiger partial charge in [-0.25, -0.2) is 4.39 Å². The highest BCUT2D eigenvalue weighted by Crippen LogP contribution is 2.29. The second-order valence-corrected chi connectivity index (χ2v) is 6.73. The molecule has 1 amide bonds. The lowest BCUT2D eigenvalue weighted by Gasteiger charge is -2.29. The van der Waals surface area contributed by atoms with E-state index in [4.69, 9.17) is 0 Å². The molecule has 2 nitrogen and oxygen atoms in total. The average Bonchev–Trinajstić information content (AvgIpc) is 2.98. The maximum atomic E-state index is 13.0. The van der Waals surface area contributed by atoms with Crippen LogP contribution < -0.4 is 0 Å². The molecule has 0 saturated carbocycles. The van der Waals surface area contributed by atoms with Crippen LogP contribution in [0.4, 0.5) is 4.39 Å². The minimum Gasteiger partial charge on any atom is -0.338 e. The molecule has 21 heavy (non-hydrogen) atoms. The van der Waals surface area contributed by atoms with Crippen molar-refractivity contribution in [1.29, 1.82) is 0 Å². The zero-order valence-electron chi connectivity index (χ0n) is 12.0. The van der Waals surface area contributed by atoms with E-state index < -0.39 is 0 Å². The number of thiophene rings is 1. The third kappa shape index (κ3) is 3.16. The fraction of sp³-hybridized carbons (Fsp3) is 0.353. The summed E-state index contributed by atoms with van der Waals surface area (Å²) in [6.45, 7) is 3.94. The van der Waals surface area contributed by atoms with Crippen LogP contribution in [0.5, 0.6) is 0 Å². The normalized spacial score (nSPS) is 16.2. The van der Waals surface area contributed by atoms with Gasteiger partial charge in [0, 0.05) is 18.0 Å². The van der Waals surface area contributed by atoms with Crippen LogP contribution in [-0.2, 0) is 0 Å². The molecule has 1 aliphatic heterocycles. The number of halogens is 1. The van der Waals surface area contributed by atoms with Gasteiger partial charge in [0.25, 0.3) is 5.91 Å². The first-order valence-corrected chi connectivity index (χ1v) is 8.10. The molecule has 2 heterocycles. The van der Waals surface area contributed by atoms with E-state index >= 15 is 0 Å². The van der Waals surface area contributed by atoms with Crippen molar-refractivity contribution in [2.24, 2.45) is 5.92 Å². The monoisotopic (exact) mass is 303 g/mol. The molecule has 3 rings (SSSR count). The smallest absolute Gasteiger partial charge is 0.263 e. The van der Waals surface area contributed by atoms with Crippen molar-refractivity contribution in [3.05, 3.63) is 47.1 Å². The summed E-state index contributed by atoms with van der Waals surface area (Å²) in [4.78, 5) is 16.2. The largest absolute Gasteiger partial charge is 0.338 e. The topological polar surface area (TPSA) is 20.3 Å². The fourth-order valence-electron chi connectivity index (χ4n) is 2.59. The standard InChI is InChI=1S/C17H18FNOS/c1-12-8-10-19(11-9-12)17(20)16-7-6-15(21-16)13-2-4-14(18)5-3-13/h2-7,12H,8-11H2,1H3. The number of amides is 1. The van der Waals surface area contributed by atoms with Gasteiger partial charge in [-0.3, -0.25) is 4.79 Å². The Labute approximate surface area is 128 Å².